The van der Waals surface area contributed by atoms with E-state index in [0.29, 0.717) is 5.92 Å². The fourth-order valence-electron chi connectivity index (χ4n) is 2.75. The number of aliphatic imine (C=N–C) groups is 1. The van der Waals surface area contributed by atoms with Crippen LogP contribution < -0.4 is 0 Å². The van der Waals surface area contributed by atoms with Crippen LogP contribution in [0.3, 0.4) is 0 Å². The van der Waals surface area contributed by atoms with Crippen LogP contribution in [0.15, 0.2) is 35.3 Å². The molecule has 1 fully saturated rings. The van der Waals surface area contributed by atoms with E-state index in [1.54, 1.807) is 0 Å². The number of hydrogen-bond donors (Lipinski definition) is 0. The molecule has 1 aromatic carbocycles. The lowest BCUT2D eigenvalue weighted by molar-refractivity contribution is -0.186. The van der Waals surface area contributed by atoms with Crippen molar-refractivity contribution in [1.29, 1.82) is 0 Å². The van der Waals surface area contributed by atoms with E-state index < -0.39 is 5.72 Å². The second-order valence-electron chi connectivity index (χ2n) is 7.07. The van der Waals surface area contributed by atoms with Gasteiger partial charge in [0.15, 0.2) is 0 Å². The van der Waals surface area contributed by atoms with E-state index in [1.165, 1.54) is 12.8 Å². The normalized spacial score (nSPS) is 26.0. The average molecular weight is 287 g/mol. The number of guanidine groups is 1. The summed E-state index contributed by atoms with van der Waals surface area (Å²) in [6.07, 6.45) is 2.36. The molecule has 1 heterocycles. The van der Waals surface area contributed by atoms with Crippen molar-refractivity contribution in [3.63, 3.8) is 0 Å². The number of benzene rings is 1. The fourth-order valence-corrected chi connectivity index (χ4v) is 2.75. The van der Waals surface area contributed by atoms with E-state index in [2.05, 4.69) is 57.0 Å². The van der Waals surface area contributed by atoms with Gasteiger partial charge >= 0.3 is 0 Å². The highest BCUT2D eigenvalue weighted by Gasteiger charge is 2.54. The molecule has 0 spiro atoms. The molecule has 21 heavy (non-hydrogen) atoms. The molecule has 0 aromatic heterocycles. The maximum atomic E-state index is 6.28. The first-order valence-corrected chi connectivity index (χ1v) is 7.67. The molecule has 0 radical (unpaired) electrons. The van der Waals surface area contributed by atoms with E-state index in [1.807, 2.05) is 18.2 Å². The lowest BCUT2D eigenvalue weighted by Gasteiger charge is -2.35. The molecule has 4 nitrogen and oxygen atoms in total. The first kappa shape index (κ1) is 14.4. The van der Waals surface area contributed by atoms with Gasteiger partial charge in [-0.2, -0.15) is 0 Å². The summed E-state index contributed by atoms with van der Waals surface area (Å²) in [5, 5.41) is 1.83. The summed E-state index contributed by atoms with van der Waals surface area (Å²) < 4.78 is 0. The summed E-state index contributed by atoms with van der Waals surface area (Å²) in [5.41, 5.74) is 0.620. The van der Waals surface area contributed by atoms with Gasteiger partial charge in [-0.3, -0.25) is 0 Å². The van der Waals surface area contributed by atoms with Gasteiger partial charge < -0.3 is 4.90 Å². The number of hydrogen-bond acceptors (Lipinski definition) is 4. The predicted molar refractivity (Wildman–Crippen MR) is 84.6 cm³/mol. The Balaban J connectivity index is 2.02. The zero-order chi connectivity index (χ0) is 15.3. The van der Waals surface area contributed by atoms with Crippen molar-refractivity contribution in [2.45, 2.75) is 44.9 Å². The summed E-state index contributed by atoms with van der Waals surface area (Å²) in [7, 11) is 4.03. The van der Waals surface area contributed by atoms with Crippen LogP contribution in [0.2, 0.25) is 0 Å². The molecule has 1 atom stereocenters. The summed E-state index contributed by atoms with van der Waals surface area (Å²) in [6.45, 7) is 6.55. The van der Waals surface area contributed by atoms with Gasteiger partial charge in [0.2, 0.25) is 11.7 Å². The second-order valence-corrected chi connectivity index (χ2v) is 7.07. The van der Waals surface area contributed by atoms with Gasteiger partial charge in [0.25, 0.3) is 0 Å². The smallest absolute Gasteiger partial charge is 0.224 e. The van der Waals surface area contributed by atoms with Gasteiger partial charge in [-0.05, 0) is 33.6 Å². The van der Waals surface area contributed by atoms with Crippen LogP contribution in [0, 0.1) is 5.92 Å². The van der Waals surface area contributed by atoms with Crippen molar-refractivity contribution in [3.05, 3.63) is 35.9 Å². The summed E-state index contributed by atoms with van der Waals surface area (Å²) >= 11 is 0. The highest BCUT2D eigenvalue weighted by molar-refractivity contribution is 5.81. The van der Waals surface area contributed by atoms with Crippen LogP contribution in [0.4, 0.5) is 0 Å². The third kappa shape index (κ3) is 2.42. The standard InChI is InChI=1S/C17H25N3O/c1-16(2,3)19(4)15-18-17(14-11-12-14,21-20(15)5)13-9-7-6-8-10-13/h6-10,14H,11-12H2,1-5H3. The van der Waals surface area contributed by atoms with Gasteiger partial charge in [0.05, 0.1) is 0 Å². The molecule has 2 aliphatic rings. The Hall–Kier alpha value is -1.55. The maximum Gasteiger partial charge on any atom is 0.224 e. The second kappa shape index (κ2) is 4.73. The topological polar surface area (TPSA) is 28.1 Å². The zero-order valence-electron chi connectivity index (χ0n) is 13.6. The van der Waals surface area contributed by atoms with Gasteiger partial charge in [-0.25, -0.2) is 14.9 Å². The van der Waals surface area contributed by atoms with E-state index >= 15 is 0 Å². The number of nitrogens with zero attached hydrogens (tertiary/aromatic N) is 3. The monoisotopic (exact) mass is 287 g/mol. The van der Waals surface area contributed by atoms with Crippen molar-refractivity contribution in [2.75, 3.05) is 14.1 Å². The maximum absolute atomic E-state index is 6.28. The van der Waals surface area contributed by atoms with Gasteiger partial charge in [-0.15, -0.1) is 0 Å². The molecule has 0 amide bonds. The lowest BCUT2D eigenvalue weighted by atomic mass is 9.98. The summed E-state index contributed by atoms with van der Waals surface area (Å²) in [5.74, 6) is 1.38. The minimum atomic E-state index is -0.537. The summed E-state index contributed by atoms with van der Waals surface area (Å²) in [6, 6.07) is 10.4. The molecule has 1 unspecified atom stereocenters. The minimum absolute atomic E-state index is 0.00672. The van der Waals surface area contributed by atoms with Crippen LogP contribution in [-0.2, 0) is 10.6 Å². The molecule has 0 saturated heterocycles. The number of hydroxylamine groups is 2. The van der Waals surface area contributed by atoms with E-state index in [-0.39, 0.29) is 5.54 Å². The Labute approximate surface area is 127 Å². The van der Waals surface area contributed by atoms with Crippen molar-refractivity contribution < 1.29 is 4.84 Å². The van der Waals surface area contributed by atoms with Crippen LogP contribution >= 0.6 is 0 Å². The Morgan fingerprint density at radius 1 is 1.24 bits per heavy atom. The van der Waals surface area contributed by atoms with Gasteiger partial charge in [0, 0.05) is 31.1 Å². The Morgan fingerprint density at radius 3 is 2.38 bits per heavy atom. The van der Waals surface area contributed by atoms with Crippen LogP contribution in [0.5, 0.6) is 0 Å². The molecule has 0 N–H and O–H groups in total. The highest BCUT2D eigenvalue weighted by Crippen LogP contribution is 2.52. The van der Waals surface area contributed by atoms with Crippen molar-refractivity contribution in [1.82, 2.24) is 9.96 Å². The first-order valence-electron chi connectivity index (χ1n) is 7.67. The third-order valence-corrected chi connectivity index (χ3v) is 4.45. The SMILES string of the molecule is CN1OC(c2ccccc2)(C2CC2)N=C1N(C)C(C)(C)C. The highest BCUT2D eigenvalue weighted by atomic mass is 16.7. The molecule has 1 aliphatic carbocycles. The Bertz CT molecular complexity index is 545. The summed E-state index contributed by atoms with van der Waals surface area (Å²) in [4.78, 5) is 13.5. The van der Waals surface area contributed by atoms with E-state index in [4.69, 9.17) is 9.83 Å². The largest absolute Gasteiger partial charge is 0.339 e. The van der Waals surface area contributed by atoms with Crippen LogP contribution in [0.25, 0.3) is 0 Å². The Kier molecular flexibility index (Phi) is 3.24. The third-order valence-electron chi connectivity index (χ3n) is 4.45. The first-order chi connectivity index (χ1) is 9.84. The molecular weight excluding hydrogens is 262 g/mol. The van der Waals surface area contributed by atoms with Gasteiger partial charge in [-0.1, -0.05) is 30.3 Å². The average Bonchev–Trinajstić information content (AvgIpc) is 3.23. The van der Waals surface area contributed by atoms with Crippen molar-refractivity contribution in [3.8, 4) is 0 Å². The minimum Gasteiger partial charge on any atom is -0.339 e. The van der Waals surface area contributed by atoms with E-state index in [0.717, 1.165) is 11.5 Å². The van der Waals surface area contributed by atoms with Crippen LogP contribution in [0.1, 0.15) is 39.2 Å². The van der Waals surface area contributed by atoms with Crippen molar-refractivity contribution >= 4 is 5.96 Å². The molecule has 0 bridgehead atoms. The Morgan fingerprint density at radius 2 is 1.86 bits per heavy atom. The quantitative estimate of drug-likeness (QED) is 0.836. The molecular formula is C17H25N3O. The fraction of sp³-hybridized carbons (Fsp3) is 0.588. The molecule has 114 valence electrons. The molecule has 1 saturated carbocycles. The lowest BCUT2D eigenvalue weighted by Crippen LogP contribution is -2.47. The van der Waals surface area contributed by atoms with E-state index in [9.17, 15) is 0 Å². The van der Waals surface area contributed by atoms with Gasteiger partial charge in [0.1, 0.15) is 0 Å². The zero-order valence-corrected chi connectivity index (χ0v) is 13.6. The molecule has 1 aromatic rings. The van der Waals surface area contributed by atoms with Crippen LogP contribution in [-0.4, -0.2) is 35.6 Å². The van der Waals surface area contributed by atoms with Crippen molar-refractivity contribution in [2.24, 2.45) is 10.9 Å². The predicted octanol–water partition coefficient (Wildman–Crippen LogP) is 3.21. The number of rotatable bonds is 2. The molecule has 1 aliphatic heterocycles. The molecule has 4 heteroatoms. The molecule has 3 rings (SSSR count).